The molecule has 10 heteroatoms. The molecule has 6 rings (SSSR count). The maximum atomic E-state index is 13.3. The lowest BCUT2D eigenvalue weighted by Crippen LogP contribution is -2.45. The second kappa shape index (κ2) is 7.71. The molecular formula is C24H28N6O4. The number of nitrogens with zero attached hydrogens (tertiary/aromatic N) is 6. The topological polar surface area (TPSA) is 114 Å². The van der Waals surface area contributed by atoms with Gasteiger partial charge in [-0.05, 0) is 67.8 Å². The normalized spacial score (nSPS) is 24.7. The number of hydrogen-bond acceptors (Lipinski definition) is 8. The zero-order valence-corrected chi connectivity index (χ0v) is 19.4. The van der Waals surface area contributed by atoms with Crippen LogP contribution in [-0.4, -0.2) is 79.8 Å². The highest BCUT2D eigenvalue weighted by Gasteiger charge is 2.50. The van der Waals surface area contributed by atoms with Gasteiger partial charge in [0, 0.05) is 18.7 Å². The smallest absolute Gasteiger partial charge is 0.336 e. The molecule has 34 heavy (non-hydrogen) atoms. The molecule has 1 N–H and O–H groups in total. The number of ether oxygens (including phenoxy) is 1. The van der Waals surface area contributed by atoms with Crippen molar-refractivity contribution in [1.82, 2.24) is 30.0 Å². The Hall–Kier alpha value is -3.11. The average molecular weight is 465 g/mol. The lowest BCUT2D eigenvalue weighted by Gasteiger charge is -2.38. The van der Waals surface area contributed by atoms with E-state index in [-0.39, 0.29) is 29.9 Å². The number of cyclic esters (lactones) is 1. The van der Waals surface area contributed by atoms with Crippen LogP contribution in [0.25, 0.3) is 11.4 Å². The van der Waals surface area contributed by atoms with Crippen LogP contribution in [-0.2, 0) is 14.3 Å². The minimum Gasteiger partial charge on any atom is -0.456 e. The SMILES string of the molecule is CC1=C(N2CCC3(CCN(CC(O)c4ccc5c(c4)[C@H](C)n4nnnc4-5)CC3)C2=O)COC1=O. The minimum absolute atomic E-state index is 0.0395. The number of aromatic nitrogens is 4. The Kier molecular flexibility index (Phi) is 4.86. The van der Waals surface area contributed by atoms with Gasteiger partial charge in [0.15, 0.2) is 5.82 Å². The first kappa shape index (κ1) is 21.4. The van der Waals surface area contributed by atoms with Crippen molar-refractivity contribution in [2.24, 2.45) is 5.41 Å². The predicted octanol–water partition coefficient (Wildman–Crippen LogP) is 1.44. The van der Waals surface area contributed by atoms with Crippen molar-refractivity contribution < 1.29 is 19.4 Å². The number of carbonyl (C=O) groups is 2. The Morgan fingerprint density at radius 2 is 1.97 bits per heavy atom. The molecule has 1 aromatic heterocycles. The van der Waals surface area contributed by atoms with E-state index in [2.05, 4.69) is 27.3 Å². The number of β-amino-alcohol motifs (C(OH)–C–C–N with tert-alkyl or cyclic N) is 1. The summed E-state index contributed by atoms with van der Waals surface area (Å²) >= 11 is 0. The van der Waals surface area contributed by atoms with Crippen LogP contribution in [0.1, 0.15) is 56.4 Å². The van der Waals surface area contributed by atoms with E-state index in [4.69, 9.17) is 4.74 Å². The molecule has 0 saturated carbocycles. The summed E-state index contributed by atoms with van der Waals surface area (Å²) in [6.45, 7) is 6.66. The molecule has 2 aromatic rings. The van der Waals surface area contributed by atoms with Crippen LogP contribution in [0.3, 0.4) is 0 Å². The number of rotatable bonds is 4. The summed E-state index contributed by atoms with van der Waals surface area (Å²) < 4.78 is 6.91. The van der Waals surface area contributed by atoms with Gasteiger partial charge in [-0.3, -0.25) is 4.79 Å². The largest absolute Gasteiger partial charge is 0.456 e. The lowest BCUT2D eigenvalue weighted by atomic mass is 9.77. The molecule has 4 aliphatic rings. The summed E-state index contributed by atoms with van der Waals surface area (Å²) in [5.41, 5.74) is 3.89. The molecule has 1 aromatic carbocycles. The van der Waals surface area contributed by atoms with Crippen LogP contribution in [0.4, 0.5) is 0 Å². The van der Waals surface area contributed by atoms with E-state index in [9.17, 15) is 14.7 Å². The molecule has 0 radical (unpaired) electrons. The van der Waals surface area contributed by atoms with Crippen molar-refractivity contribution in [2.75, 3.05) is 32.8 Å². The number of hydrogen-bond donors (Lipinski definition) is 1. The Balaban J connectivity index is 1.10. The third-order valence-electron chi connectivity index (χ3n) is 8.17. The predicted molar refractivity (Wildman–Crippen MR) is 120 cm³/mol. The van der Waals surface area contributed by atoms with Crippen molar-refractivity contribution in [1.29, 1.82) is 0 Å². The molecule has 0 bridgehead atoms. The number of benzene rings is 1. The summed E-state index contributed by atoms with van der Waals surface area (Å²) in [5.74, 6) is 0.555. The first-order valence-corrected chi connectivity index (χ1v) is 11.9. The van der Waals surface area contributed by atoms with E-state index in [1.165, 1.54) is 0 Å². The summed E-state index contributed by atoms with van der Waals surface area (Å²) in [6, 6.07) is 6.03. The Morgan fingerprint density at radius 1 is 1.21 bits per heavy atom. The van der Waals surface area contributed by atoms with Gasteiger partial charge in [0.2, 0.25) is 5.91 Å². The average Bonchev–Trinajstić information content (AvgIpc) is 3.58. The molecule has 10 nitrogen and oxygen atoms in total. The molecule has 2 saturated heterocycles. The molecule has 0 aliphatic carbocycles. The van der Waals surface area contributed by atoms with Gasteiger partial charge >= 0.3 is 5.97 Å². The maximum Gasteiger partial charge on any atom is 0.336 e. The first-order valence-electron chi connectivity index (χ1n) is 11.9. The van der Waals surface area contributed by atoms with Crippen LogP contribution >= 0.6 is 0 Å². The van der Waals surface area contributed by atoms with Crippen molar-refractivity contribution in [3.63, 3.8) is 0 Å². The van der Waals surface area contributed by atoms with E-state index < -0.39 is 6.10 Å². The molecule has 1 spiro atoms. The van der Waals surface area contributed by atoms with Gasteiger partial charge in [-0.1, -0.05) is 18.2 Å². The second-order valence-corrected chi connectivity index (χ2v) is 9.92. The maximum absolute atomic E-state index is 13.3. The standard InChI is InChI=1S/C24H28N6O4/c1-14-19(13-34-22(14)32)29-10-7-24(23(29)33)5-8-28(9-6-24)12-20(31)16-3-4-17-18(11-16)15(2)30-21(17)25-26-27-30/h3-4,11,15,20,31H,5-10,12-13H2,1-2H3/t15-,20?/m0/s1. The zero-order valence-electron chi connectivity index (χ0n) is 19.4. The Bertz CT molecular complexity index is 1210. The van der Waals surface area contributed by atoms with Crippen molar-refractivity contribution in [3.8, 4) is 11.4 Å². The first-order chi connectivity index (χ1) is 16.4. The summed E-state index contributed by atoms with van der Waals surface area (Å²) in [4.78, 5) is 29.1. The number of aliphatic hydroxyl groups is 1. The molecule has 2 fully saturated rings. The number of esters is 1. The highest BCUT2D eigenvalue weighted by atomic mass is 16.5. The van der Waals surface area contributed by atoms with Crippen LogP contribution in [0.5, 0.6) is 0 Å². The number of aliphatic hydroxyl groups excluding tert-OH is 1. The summed E-state index contributed by atoms with van der Waals surface area (Å²) in [5, 5.41) is 22.9. The van der Waals surface area contributed by atoms with Gasteiger partial charge < -0.3 is 19.6 Å². The van der Waals surface area contributed by atoms with Crippen LogP contribution in [0.15, 0.2) is 29.5 Å². The van der Waals surface area contributed by atoms with Crippen molar-refractivity contribution >= 4 is 11.9 Å². The highest BCUT2D eigenvalue weighted by molar-refractivity contribution is 5.94. The van der Waals surface area contributed by atoms with E-state index in [1.54, 1.807) is 16.5 Å². The highest BCUT2D eigenvalue weighted by Crippen LogP contribution is 2.44. The van der Waals surface area contributed by atoms with Gasteiger partial charge in [-0.25, -0.2) is 9.48 Å². The minimum atomic E-state index is -0.615. The second-order valence-electron chi connectivity index (χ2n) is 9.92. The third-order valence-corrected chi connectivity index (χ3v) is 8.17. The number of amides is 1. The number of piperidine rings is 1. The fraction of sp³-hybridized carbons (Fsp3) is 0.542. The summed E-state index contributed by atoms with van der Waals surface area (Å²) in [7, 11) is 0. The number of fused-ring (bicyclic) bond motifs is 3. The van der Waals surface area contributed by atoms with Gasteiger partial charge in [-0.2, -0.15) is 0 Å². The quantitative estimate of drug-likeness (QED) is 0.677. The van der Waals surface area contributed by atoms with Gasteiger partial charge in [0.25, 0.3) is 0 Å². The summed E-state index contributed by atoms with van der Waals surface area (Å²) in [6.07, 6.45) is 1.71. The number of carbonyl (C=O) groups excluding carboxylic acids is 2. The Labute approximate surface area is 197 Å². The van der Waals surface area contributed by atoms with Gasteiger partial charge in [-0.15, -0.1) is 5.10 Å². The van der Waals surface area contributed by atoms with Gasteiger partial charge in [0.05, 0.1) is 28.8 Å². The zero-order chi connectivity index (χ0) is 23.6. The molecule has 1 amide bonds. The van der Waals surface area contributed by atoms with Crippen molar-refractivity contribution in [3.05, 3.63) is 40.6 Å². The van der Waals surface area contributed by atoms with Gasteiger partial charge in [0.1, 0.15) is 6.61 Å². The molecule has 5 heterocycles. The number of tetrazole rings is 1. The van der Waals surface area contributed by atoms with Crippen molar-refractivity contribution in [2.45, 2.75) is 45.3 Å². The van der Waals surface area contributed by atoms with Crippen LogP contribution < -0.4 is 0 Å². The fourth-order valence-electron chi connectivity index (χ4n) is 5.91. The fourth-order valence-corrected chi connectivity index (χ4v) is 5.91. The third kappa shape index (κ3) is 3.12. The lowest BCUT2D eigenvalue weighted by molar-refractivity contribution is -0.138. The Morgan fingerprint density at radius 3 is 2.71 bits per heavy atom. The van der Waals surface area contributed by atoms with E-state index in [1.807, 2.05) is 18.2 Å². The molecule has 1 unspecified atom stereocenters. The monoisotopic (exact) mass is 464 g/mol. The van der Waals surface area contributed by atoms with Crippen LogP contribution in [0.2, 0.25) is 0 Å². The molecule has 4 aliphatic heterocycles. The molecule has 2 atom stereocenters. The molecule has 178 valence electrons. The van der Waals surface area contributed by atoms with Crippen LogP contribution in [0, 0.1) is 5.41 Å². The van der Waals surface area contributed by atoms with E-state index in [0.29, 0.717) is 18.7 Å². The molecular weight excluding hydrogens is 436 g/mol. The van der Waals surface area contributed by atoms with E-state index >= 15 is 0 Å². The van der Waals surface area contributed by atoms with E-state index in [0.717, 1.165) is 60.6 Å². The number of likely N-dealkylation sites (tertiary alicyclic amines) is 2.